The zero-order valence-corrected chi connectivity index (χ0v) is 13.5. The summed E-state index contributed by atoms with van der Waals surface area (Å²) in [6.45, 7) is 11.7. The summed E-state index contributed by atoms with van der Waals surface area (Å²) >= 11 is 0. The highest BCUT2D eigenvalue weighted by Crippen LogP contribution is 2.24. The highest BCUT2D eigenvalue weighted by molar-refractivity contribution is 7.92. The third kappa shape index (κ3) is 6.71. The van der Waals surface area contributed by atoms with Crippen LogP contribution in [0.4, 0.5) is 0 Å². The molecule has 0 spiro atoms. The second-order valence-electron chi connectivity index (χ2n) is 6.52. The lowest BCUT2D eigenvalue weighted by molar-refractivity contribution is 0.193. The molecule has 0 amide bonds. The van der Waals surface area contributed by atoms with Crippen LogP contribution in [0.15, 0.2) is 0 Å². The Hall–Kier alpha value is -0.130. The fourth-order valence-corrected chi connectivity index (χ4v) is 2.84. The van der Waals surface area contributed by atoms with E-state index in [1.807, 2.05) is 0 Å². The molecule has 0 aliphatic carbocycles. The lowest BCUT2D eigenvalue weighted by atomic mass is 9.90. The van der Waals surface area contributed by atoms with Gasteiger partial charge in [0.1, 0.15) is 0 Å². The molecule has 0 aliphatic rings. The number of hydrogen-bond acceptors (Lipinski definition) is 4. The van der Waals surface area contributed by atoms with Gasteiger partial charge >= 0.3 is 0 Å². The monoisotopic (exact) mass is 279 g/mol. The zero-order chi connectivity index (χ0) is 14.4. The second-order valence-corrected chi connectivity index (χ2v) is 9.38. The summed E-state index contributed by atoms with van der Waals surface area (Å²) in [4.78, 5) is 0. The molecule has 18 heavy (non-hydrogen) atoms. The number of hydrogen-bond donors (Lipinski definition) is 1. The van der Waals surface area contributed by atoms with Crippen LogP contribution in [0.1, 0.15) is 41.0 Å². The minimum atomic E-state index is -3.02. The van der Waals surface area contributed by atoms with E-state index < -0.39 is 14.6 Å². The summed E-state index contributed by atoms with van der Waals surface area (Å²) in [6, 6.07) is 0. The highest BCUT2D eigenvalue weighted by atomic mass is 32.2. The quantitative estimate of drug-likeness (QED) is 0.689. The molecule has 4 nitrogen and oxygen atoms in total. The van der Waals surface area contributed by atoms with Crippen molar-refractivity contribution >= 4 is 9.84 Å². The molecule has 0 saturated heterocycles. The smallest absolute Gasteiger partial charge is 0.155 e. The Morgan fingerprint density at radius 1 is 1.11 bits per heavy atom. The van der Waals surface area contributed by atoms with Gasteiger partial charge < -0.3 is 10.1 Å². The van der Waals surface area contributed by atoms with E-state index in [0.29, 0.717) is 13.0 Å². The van der Waals surface area contributed by atoms with Gasteiger partial charge in [-0.25, -0.2) is 8.42 Å². The molecule has 110 valence electrons. The fourth-order valence-electron chi connectivity index (χ4n) is 1.41. The van der Waals surface area contributed by atoms with Crippen LogP contribution >= 0.6 is 0 Å². The first-order chi connectivity index (χ1) is 8.02. The molecule has 0 atom stereocenters. The minimum Gasteiger partial charge on any atom is -0.383 e. The minimum absolute atomic E-state index is 0.0218. The van der Waals surface area contributed by atoms with Gasteiger partial charge in [0.25, 0.3) is 0 Å². The van der Waals surface area contributed by atoms with Gasteiger partial charge in [-0.05, 0) is 32.6 Å². The summed E-state index contributed by atoms with van der Waals surface area (Å²) in [5.41, 5.74) is -0.0218. The van der Waals surface area contributed by atoms with Gasteiger partial charge in [-0.1, -0.05) is 13.8 Å². The second kappa shape index (κ2) is 6.87. The van der Waals surface area contributed by atoms with Gasteiger partial charge in [-0.3, -0.25) is 0 Å². The number of rotatable bonds is 8. The van der Waals surface area contributed by atoms with Crippen molar-refractivity contribution in [1.29, 1.82) is 0 Å². The molecule has 0 aliphatic heterocycles. The molecule has 0 bridgehead atoms. The van der Waals surface area contributed by atoms with Crippen molar-refractivity contribution in [2.45, 2.75) is 45.8 Å². The summed E-state index contributed by atoms with van der Waals surface area (Å²) in [5.74, 6) is 0.245. The van der Waals surface area contributed by atoms with Crippen LogP contribution in [0.3, 0.4) is 0 Å². The van der Waals surface area contributed by atoms with Crippen LogP contribution in [0, 0.1) is 5.41 Å². The molecule has 1 N–H and O–H groups in total. The molecule has 0 fully saturated rings. The first-order valence-electron chi connectivity index (χ1n) is 6.44. The lowest BCUT2D eigenvalue weighted by Crippen LogP contribution is -2.36. The van der Waals surface area contributed by atoms with Gasteiger partial charge in [0.15, 0.2) is 9.84 Å². The normalized spacial score (nSPS) is 13.9. The average molecular weight is 279 g/mol. The molecule has 0 aromatic heterocycles. The fraction of sp³-hybridized carbons (Fsp3) is 1.00. The van der Waals surface area contributed by atoms with Crippen molar-refractivity contribution in [3.8, 4) is 0 Å². The Kier molecular flexibility index (Phi) is 6.82. The zero-order valence-electron chi connectivity index (χ0n) is 12.7. The summed E-state index contributed by atoms with van der Waals surface area (Å²) < 4.78 is 28.4. The third-order valence-electron chi connectivity index (χ3n) is 3.07. The molecule has 0 saturated carbocycles. The van der Waals surface area contributed by atoms with Crippen molar-refractivity contribution in [3.63, 3.8) is 0 Å². The first kappa shape index (κ1) is 17.9. The Bertz CT molecular complexity index is 329. The van der Waals surface area contributed by atoms with Gasteiger partial charge in [0.05, 0.1) is 17.1 Å². The SMILES string of the molecule is COCCNCC(C)(C)CCS(=O)(=O)C(C)(C)C. The number of methoxy groups -OCH3 is 1. The van der Waals surface area contributed by atoms with Gasteiger partial charge in [-0.2, -0.15) is 0 Å². The Morgan fingerprint density at radius 2 is 1.67 bits per heavy atom. The van der Waals surface area contributed by atoms with E-state index in [1.54, 1.807) is 27.9 Å². The van der Waals surface area contributed by atoms with Gasteiger partial charge in [0.2, 0.25) is 0 Å². The predicted molar refractivity (Wildman–Crippen MR) is 76.7 cm³/mol. The van der Waals surface area contributed by atoms with Gasteiger partial charge in [-0.15, -0.1) is 0 Å². The Labute approximate surface area is 112 Å². The molecule has 0 aromatic carbocycles. The predicted octanol–water partition coefficient (Wildman–Crippen LogP) is 1.85. The highest BCUT2D eigenvalue weighted by Gasteiger charge is 2.30. The van der Waals surface area contributed by atoms with Crippen molar-refractivity contribution in [1.82, 2.24) is 5.32 Å². The lowest BCUT2D eigenvalue weighted by Gasteiger charge is -2.27. The number of ether oxygens (including phenoxy) is 1. The van der Waals surface area contributed by atoms with E-state index in [-0.39, 0.29) is 11.2 Å². The number of sulfone groups is 1. The molecule has 0 rings (SSSR count). The summed E-state index contributed by atoms with van der Waals surface area (Å²) in [7, 11) is -1.35. The Balaban J connectivity index is 4.19. The maximum Gasteiger partial charge on any atom is 0.155 e. The largest absolute Gasteiger partial charge is 0.383 e. The van der Waals surface area contributed by atoms with Crippen LogP contribution in [0.5, 0.6) is 0 Å². The van der Waals surface area contributed by atoms with Crippen molar-refractivity contribution in [2.75, 3.05) is 32.6 Å². The third-order valence-corrected chi connectivity index (χ3v) is 5.67. The number of nitrogens with one attached hydrogen (secondary N) is 1. The molecule has 0 heterocycles. The average Bonchev–Trinajstić information content (AvgIpc) is 2.21. The standard InChI is InChI=1S/C13H29NO3S/c1-12(2,3)18(15,16)10-7-13(4,5)11-14-8-9-17-6/h14H,7-11H2,1-6H3. The van der Waals surface area contributed by atoms with E-state index in [9.17, 15) is 8.42 Å². The molecular weight excluding hydrogens is 250 g/mol. The summed E-state index contributed by atoms with van der Waals surface area (Å²) in [5, 5.41) is 3.28. The maximum absolute atomic E-state index is 12.0. The molecule has 5 heteroatoms. The van der Waals surface area contributed by atoms with E-state index in [1.165, 1.54) is 0 Å². The molecule has 0 aromatic rings. The van der Waals surface area contributed by atoms with E-state index in [0.717, 1.165) is 13.1 Å². The maximum atomic E-state index is 12.0. The van der Waals surface area contributed by atoms with Crippen LogP contribution in [-0.2, 0) is 14.6 Å². The first-order valence-corrected chi connectivity index (χ1v) is 8.09. The Morgan fingerprint density at radius 3 is 2.11 bits per heavy atom. The van der Waals surface area contributed by atoms with E-state index in [4.69, 9.17) is 4.74 Å². The van der Waals surface area contributed by atoms with Crippen LogP contribution < -0.4 is 5.32 Å². The molecule has 0 unspecified atom stereocenters. The molecule has 0 radical (unpaired) electrons. The topological polar surface area (TPSA) is 55.4 Å². The van der Waals surface area contributed by atoms with Crippen molar-refractivity contribution in [3.05, 3.63) is 0 Å². The molecular formula is C13H29NO3S. The van der Waals surface area contributed by atoms with E-state index >= 15 is 0 Å². The van der Waals surface area contributed by atoms with Crippen molar-refractivity contribution in [2.24, 2.45) is 5.41 Å². The van der Waals surface area contributed by atoms with Gasteiger partial charge in [0, 0.05) is 20.2 Å². The summed E-state index contributed by atoms with van der Waals surface area (Å²) in [6.07, 6.45) is 0.673. The van der Waals surface area contributed by atoms with Crippen LogP contribution in [-0.4, -0.2) is 45.7 Å². The van der Waals surface area contributed by atoms with Crippen LogP contribution in [0.2, 0.25) is 0 Å². The van der Waals surface area contributed by atoms with E-state index in [2.05, 4.69) is 19.2 Å². The van der Waals surface area contributed by atoms with Crippen molar-refractivity contribution < 1.29 is 13.2 Å². The van der Waals surface area contributed by atoms with Crippen LogP contribution in [0.25, 0.3) is 0 Å².